The predicted molar refractivity (Wildman–Crippen MR) is 158 cm³/mol. The first-order chi connectivity index (χ1) is 19.7. The molecule has 11 heteroatoms. The maximum atomic E-state index is 11.9. The fourth-order valence-corrected chi connectivity index (χ4v) is 6.44. The highest BCUT2D eigenvalue weighted by molar-refractivity contribution is 7.90. The molecule has 4 aromatic heterocycles. The van der Waals surface area contributed by atoms with Crippen molar-refractivity contribution in [3.05, 3.63) is 78.9 Å². The quantitative estimate of drug-likeness (QED) is 0.258. The van der Waals surface area contributed by atoms with Gasteiger partial charge >= 0.3 is 0 Å². The van der Waals surface area contributed by atoms with Crippen molar-refractivity contribution in [1.82, 2.24) is 24.7 Å². The Morgan fingerprint density at radius 2 is 1.85 bits per heavy atom. The van der Waals surface area contributed by atoms with E-state index in [-0.39, 0.29) is 17.7 Å². The van der Waals surface area contributed by atoms with Gasteiger partial charge in [-0.1, -0.05) is 18.2 Å². The van der Waals surface area contributed by atoms with Gasteiger partial charge in [-0.25, -0.2) is 13.1 Å². The molecule has 0 saturated carbocycles. The summed E-state index contributed by atoms with van der Waals surface area (Å²) < 4.78 is 37.4. The van der Waals surface area contributed by atoms with Crippen molar-refractivity contribution < 1.29 is 17.9 Å². The molecule has 0 unspecified atom stereocenters. The van der Waals surface area contributed by atoms with Crippen LogP contribution in [0.15, 0.2) is 73.2 Å². The molecule has 1 aromatic carbocycles. The van der Waals surface area contributed by atoms with E-state index in [4.69, 9.17) is 24.5 Å². The lowest BCUT2D eigenvalue weighted by atomic mass is 9.91. The van der Waals surface area contributed by atoms with Crippen LogP contribution in [0.2, 0.25) is 0 Å². The summed E-state index contributed by atoms with van der Waals surface area (Å²) in [4.78, 5) is 16.1. The zero-order valence-corrected chi connectivity index (χ0v) is 24.0. The summed E-state index contributed by atoms with van der Waals surface area (Å²) in [6.07, 6.45) is 6.48. The largest absolute Gasteiger partial charge is 0.496 e. The minimum Gasteiger partial charge on any atom is -0.496 e. The van der Waals surface area contributed by atoms with Crippen molar-refractivity contribution in [3.63, 3.8) is 0 Å². The van der Waals surface area contributed by atoms with E-state index in [1.165, 1.54) is 6.26 Å². The van der Waals surface area contributed by atoms with E-state index in [0.29, 0.717) is 35.4 Å². The number of methoxy groups -OCH3 is 1. The minimum absolute atomic E-state index is 0.0370. The lowest BCUT2D eigenvalue weighted by Gasteiger charge is -2.48. The summed E-state index contributed by atoms with van der Waals surface area (Å²) >= 11 is 0. The van der Waals surface area contributed by atoms with Gasteiger partial charge in [-0.15, -0.1) is 0 Å². The third kappa shape index (κ3) is 5.32. The number of pyridine rings is 3. The lowest BCUT2D eigenvalue weighted by Crippen LogP contribution is -2.57. The van der Waals surface area contributed by atoms with Crippen LogP contribution < -0.4 is 14.4 Å². The molecule has 0 amide bonds. The van der Waals surface area contributed by atoms with Gasteiger partial charge in [0.25, 0.3) is 0 Å². The molecular weight excluding hydrogens is 540 g/mol. The van der Waals surface area contributed by atoms with Gasteiger partial charge in [0.15, 0.2) is 5.82 Å². The Hall–Kier alpha value is -4.51. The van der Waals surface area contributed by atoms with Crippen molar-refractivity contribution in [2.75, 3.05) is 30.6 Å². The molecule has 5 aromatic rings. The second kappa shape index (κ2) is 10.5. The van der Waals surface area contributed by atoms with Crippen LogP contribution in [0, 0.1) is 12.8 Å². The fraction of sp³-hybridized carbons (Fsp3) is 0.267. The monoisotopic (exact) mass is 570 g/mol. The second-order valence-corrected chi connectivity index (χ2v) is 12.5. The van der Waals surface area contributed by atoms with Crippen molar-refractivity contribution in [2.45, 2.75) is 19.9 Å². The fourth-order valence-electron chi connectivity index (χ4n) is 5.27. The number of aromatic nitrogens is 5. The van der Waals surface area contributed by atoms with Crippen LogP contribution in [0.1, 0.15) is 12.6 Å². The van der Waals surface area contributed by atoms with Gasteiger partial charge in [-0.05, 0) is 38.1 Å². The van der Waals surface area contributed by atoms with E-state index in [1.807, 2.05) is 62.4 Å². The molecule has 5 heterocycles. The molecule has 0 spiro atoms. The molecular formula is C30H30N6O4S. The van der Waals surface area contributed by atoms with E-state index in [2.05, 4.69) is 9.88 Å². The molecule has 10 nitrogen and oxygen atoms in total. The Labute approximate surface area is 238 Å². The van der Waals surface area contributed by atoms with Crippen LogP contribution in [-0.4, -0.2) is 64.9 Å². The number of nitrogens with zero attached hydrogens (tertiary/aromatic N) is 6. The number of ether oxygens (including phenoxy) is 2. The number of hydrogen-bond donors (Lipinski definition) is 0. The number of para-hydroxylation sites is 1. The number of benzene rings is 1. The molecule has 1 saturated heterocycles. The molecule has 0 radical (unpaired) electrons. The SMILES string of the molecule is COc1ccncc1-c1cc2c(cnn2-c2cc(N3C[C@H](CS(C)(=O)=O)[C@H]3C)cc(Oc3ccccc3)n2)c(C)n1. The first-order valence-electron chi connectivity index (χ1n) is 13.2. The average molecular weight is 571 g/mol. The summed E-state index contributed by atoms with van der Waals surface area (Å²) in [6, 6.07) is 17.1. The number of anilines is 1. The van der Waals surface area contributed by atoms with E-state index >= 15 is 0 Å². The van der Waals surface area contributed by atoms with Gasteiger partial charge in [-0.3, -0.25) is 9.97 Å². The van der Waals surface area contributed by atoms with Crippen molar-refractivity contribution in [1.29, 1.82) is 0 Å². The van der Waals surface area contributed by atoms with Crippen LogP contribution in [0.3, 0.4) is 0 Å². The van der Waals surface area contributed by atoms with E-state index < -0.39 is 9.84 Å². The Bertz CT molecular complexity index is 1840. The number of fused-ring (bicyclic) bond motifs is 1. The molecule has 0 aliphatic carbocycles. The van der Waals surface area contributed by atoms with Crippen LogP contribution >= 0.6 is 0 Å². The third-order valence-corrected chi connectivity index (χ3v) is 8.48. The van der Waals surface area contributed by atoms with Crippen molar-refractivity contribution in [2.24, 2.45) is 5.92 Å². The van der Waals surface area contributed by atoms with Gasteiger partial charge in [0.1, 0.15) is 21.3 Å². The Balaban J connectivity index is 1.45. The average Bonchev–Trinajstić information content (AvgIpc) is 3.39. The Morgan fingerprint density at radius 3 is 2.59 bits per heavy atom. The molecule has 210 valence electrons. The normalized spacial score (nSPS) is 16.9. The van der Waals surface area contributed by atoms with E-state index in [1.54, 1.807) is 36.4 Å². The highest BCUT2D eigenvalue weighted by Crippen LogP contribution is 2.36. The molecule has 0 bridgehead atoms. The highest BCUT2D eigenvalue weighted by atomic mass is 32.2. The summed E-state index contributed by atoms with van der Waals surface area (Å²) in [5.74, 6) is 2.52. The topological polar surface area (TPSA) is 112 Å². The zero-order valence-electron chi connectivity index (χ0n) is 23.2. The van der Waals surface area contributed by atoms with Crippen LogP contribution in [0.25, 0.3) is 28.0 Å². The summed E-state index contributed by atoms with van der Waals surface area (Å²) in [7, 11) is -1.45. The number of hydrogen-bond acceptors (Lipinski definition) is 9. The third-order valence-electron chi connectivity index (χ3n) is 7.44. The van der Waals surface area contributed by atoms with Gasteiger partial charge in [0.2, 0.25) is 5.88 Å². The molecule has 1 fully saturated rings. The standard InChI is InChI=1S/C30H30N6O4S/c1-19-24-16-32-36(27(24)14-26(33-19)25-15-31-11-10-28(25)39-3)29-12-22(35-17-21(20(35)2)18-41(4,37)38)13-30(34-29)40-23-8-6-5-7-9-23/h5-16,20-21H,17-18H2,1-4H3/t20-,21-/m1/s1. The number of aryl methyl sites for hydroxylation is 1. The first kappa shape index (κ1) is 26.7. The van der Waals surface area contributed by atoms with Crippen LogP contribution in [0.4, 0.5) is 5.69 Å². The first-order valence-corrected chi connectivity index (χ1v) is 15.3. The molecule has 0 N–H and O–H groups in total. The minimum atomic E-state index is -3.07. The summed E-state index contributed by atoms with van der Waals surface area (Å²) in [5.41, 5.74) is 3.99. The molecule has 1 aliphatic heterocycles. The molecule has 41 heavy (non-hydrogen) atoms. The second-order valence-electron chi connectivity index (χ2n) is 10.3. The molecule has 2 atom stereocenters. The Morgan fingerprint density at radius 1 is 1.05 bits per heavy atom. The number of rotatable bonds is 8. The molecule has 6 rings (SSSR count). The lowest BCUT2D eigenvalue weighted by molar-refractivity contribution is 0.340. The molecule has 1 aliphatic rings. The number of sulfone groups is 1. The summed E-state index contributed by atoms with van der Waals surface area (Å²) in [6.45, 7) is 4.61. The van der Waals surface area contributed by atoms with Gasteiger partial charge in [-0.2, -0.15) is 10.1 Å². The smallest absolute Gasteiger partial charge is 0.223 e. The van der Waals surface area contributed by atoms with Gasteiger partial charge < -0.3 is 14.4 Å². The maximum Gasteiger partial charge on any atom is 0.223 e. The van der Waals surface area contributed by atoms with Crippen LogP contribution in [0.5, 0.6) is 17.4 Å². The zero-order chi connectivity index (χ0) is 28.7. The predicted octanol–water partition coefficient (Wildman–Crippen LogP) is 4.86. The van der Waals surface area contributed by atoms with Crippen molar-refractivity contribution in [3.8, 4) is 34.5 Å². The van der Waals surface area contributed by atoms with Gasteiger partial charge in [0.05, 0.1) is 35.8 Å². The highest BCUT2D eigenvalue weighted by Gasteiger charge is 2.38. The van der Waals surface area contributed by atoms with Crippen LogP contribution in [-0.2, 0) is 9.84 Å². The maximum absolute atomic E-state index is 11.9. The summed E-state index contributed by atoms with van der Waals surface area (Å²) in [5, 5.41) is 5.58. The van der Waals surface area contributed by atoms with E-state index in [9.17, 15) is 8.42 Å². The Kier molecular flexibility index (Phi) is 6.82. The van der Waals surface area contributed by atoms with E-state index in [0.717, 1.165) is 27.8 Å². The van der Waals surface area contributed by atoms with Crippen molar-refractivity contribution >= 4 is 26.4 Å². The van der Waals surface area contributed by atoms with Gasteiger partial charge in [0, 0.05) is 66.1 Å².